The van der Waals surface area contributed by atoms with E-state index in [0.29, 0.717) is 26.1 Å². The SMILES string of the molecule is COC(=O)C(NC(=O)OCc1ccccc1)C1CCCC2(CC1)OCCO2. The number of ether oxygens (including phenoxy) is 4. The summed E-state index contributed by atoms with van der Waals surface area (Å²) in [6, 6.07) is 8.65. The third kappa shape index (κ3) is 5.20. The Kier molecular flexibility index (Phi) is 6.68. The first-order valence-corrected chi connectivity index (χ1v) is 9.45. The molecule has 2 atom stereocenters. The zero-order valence-corrected chi connectivity index (χ0v) is 15.6. The Hall–Kier alpha value is -2.12. The Bertz CT molecular complexity index is 629. The van der Waals surface area contributed by atoms with Gasteiger partial charge in [0.25, 0.3) is 0 Å². The van der Waals surface area contributed by atoms with Crippen LogP contribution in [0.5, 0.6) is 0 Å². The lowest BCUT2D eigenvalue weighted by atomic mass is 9.91. The molecule has 1 aliphatic heterocycles. The fourth-order valence-electron chi connectivity index (χ4n) is 3.82. The molecule has 2 aliphatic rings. The molecular weight excluding hydrogens is 350 g/mol. The minimum atomic E-state index is -0.741. The molecule has 148 valence electrons. The highest BCUT2D eigenvalue weighted by atomic mass is 16.7. The molecular formula is C20H27NO6. The summed E-state index contributed by atoms with van der Waals surface area (Å²) >= 11 is 0. The molecule has 1 N–H and O–H groups in total. The third-order valence-electron chi connectivity index (χ3n) is 5.25. The molecule has 3 rings (SSSR count). The van der Waals surface area contributed by atoms with Gasteiger partial charge in [-0.2, -0.15) is 0 Å². The number of alkyl carbamates (subject to hydrolysis) is 1. The van der Waals surface area contributed by atoms with Crippen molar-refractivity contribution in [3.8, 4) is 0 Å². The summed E-state index contributed by atoms with van der Waals surface area (Å²) in [6.07, 6.45) is 3.23. The van der Waals surface area contributed by atoms with Crippen LogP contribution in [-0.2, 0) is 30.3 Å². The average molecular weight is 377 g/mol. The van der Waals surface area contributed by atoms with Gasteiger partial charge >= 0.3 is 12.1 Å². The van der Waals surface area contributed by atoms with Crippen molar-refractivity contribution in [3.63, 3.8) is 0 Å². The first-order chi connectivity index (χ1) is 13.1. The predicted octanol–water partition coefficient (Wildman–Crippen LogP) is 2.78. The van der Waals surface area contributed by atoms with E-state index in [4.69, 9.17) is 18.9 Å². The molecule has 0 bridgehead atoms. The van der Waals surface area contributed by atoms with E-state index < -0.39 is 23.9 Å². The number of esters is 1. The second kappa shape index (κ2) is 9.19. The summed E-state index contributed by atoms with van der Waals surface area (Å²) in [7, 11) is 1.33. The van der Waals surface area contributed by atoms with Gasteiger partial charge < -0.3 is 24.3 Å². The molecule has 0 radical (unpaired) electrons. The van der Waals surface area contributed by atoms with Crippen LogP contribution in [0, 0.1) is 5.92 Å². The number of hydrogen-bond donors (Lipinski definition) is 1. The molecule has 0 aromatic heterocycles. The average Bonchev–Trinajstić information content (AvgIpc) is 3.06. The van der Waals surface area contributed by atoms with E-state index in [2.05, 4.69) is 5.32 Å². The zero-order chi connectivity index (χ0) is 19.1. The molecule has 1 aromatic rings. The minimum absolute atomic E-state index is 0.0473. The molecule has 2 fully saturated rings. The number of rotatable bonds is 5. The fraction of sp³-hybridized carbons (Fsp3) is 0.600. The van der Waals surface area contributed by atoms with Crippen LogP contribution in [0.1, 0.15) is 37.7 Å². The summed E-state index contributed by atoms with van der Waals surface area (Å²) < 4.78 is 21.8. The Morgan fingerprint density at radius 2 is 1.93 bits per heavy atom. The molecule has 1 aromatic carbocycles. The highest BCUT2D eigenvalue weighted by Gasteiger charge is 2.41. The van der Waals surface area contributed by atoms with Crippen LogP contribution >= 0.6 is 0 Å². The first kappa shape index (κ1) is 19.6. The molecule has 1 aliphatic carbocycles. The lowest BCUT2D eigenvalue weighted by molar-refractivity contribution is -0.166. The van der Waals surface area contributed by atoms with Crippen LogP contribution < -0.4 is 5.32 Å². The highest BCUT2D eigenvalue weighted by Crippen LogP contribution is 2.37. The van der Waals surface area contributed by atoms with Gasteiger partial charge in [0, 0.05) is 12.8 Å². The van der Waals surface area contributed by atoms with Crippen molar-refractivity contribution in [1.82, 2.24) is 5.32 Å². The number of carbonyl (C=O) groups is 2. The molecule has 7 heteroatoms. The Morgan fingerprint density at radius 3 is 2.63 bits per heavy atom. The van der Waals surface area contributed by atoms with E-state index in [1.807, 2.05) is 30.3 Å². The van der Waals surface area contributed by atoms with Gasteiger partial charge in [-0.25, -0.2) is 9.59 Å². The van der Waals surface area contributed by atoms with Gasteiger partial charge in [0.05, 0.1) is 20.3 Å². The van der Waals surface area contributed by atoms with Crippen molar-refractivity contribution >= 4 is 12.1 Å². The normalized spacial score (nSPS) is 22.6. The Labute approximate surface area is 159 Å². The first-order valence-electron chi connectivity index (χ1n) is 9.45. The van der Waals surface area contributed by atoms with Crippen LogP contribution in [0.15, 0.2) is 30.3 Å². The monoisotopic (exact) mass is 377 g/mol. The largest absolute Gasteiger partial charge is 0.467 e. The van der Waals surface area contributed by atoms with Crippen molar-refractivity contribution in [1.29, 1.82) is 0 Å². The van der Waals surface area contributed by atoms with E-state index in [1.54, 1.807) is 0 Å². The topological polar surface area (TPSA) is 83.1 Å². The maximum atomic E-state index is 12.3. The van der Waals surface area contributed by atoms with E-state index in [9.17, 15) is 9.59 Å². The van der Waals surface area contributed by atoms with E-state index in [0.717, 1.165) is 24.8 Å². The summed E-state index contributed by atoms with van der Waals surface area (Å²) in [5, 5.41) is 2.70. The highest BCUT2D eigenvalue weighted by molar-refractivity contribution is 5.81. The molecule has 7 nitrogen and oxygen atoms in total. The number of hydrogen-bond acceptors (Lipinski definition) is 6. The van der Waals surface area contributed by atoms with Crippen LogP contribution in [0.4, 0.5) is 4.79 Å². The maximum Gasteiger partial charge on any atom is 0.408 e. The quantitative estimate of drug-likeness (QED) is 0.795. The van der Waals surface area contributed by atoms with Gasteiger partial charge in [-0.3, -0.25) is 0 Å². The molecule has 1 amide bonds. The van der Waals surface area contributed by atoms with Crippen molar-refractivity contribution in [2.75, 3.05) is 20.3 Å². The van der Waals surface area contributed by atoms with Gasteiger partial charge in [0.2, 0.25) is 0 Å². The van der Waals surface area contributed by atoms with Crippen LogP contribution in [0.2, 0.25) is 0 Å². The third-order valence-corrected chi connectivity index (χ3v) is 5.25. The number of nitrogens with one attached hydrogen (secondary N) is 1. The van der Waals surface area contributed by atoms with Crippen molar-refractivity contribution in [2.45, 2.75) is 50.5 Å². The summed E-state index contributed by atoms with van der Waals surface area (Å²) in [5.41, 5.74) is 0.884. The Balaban J connectivity index is 1.58. The summed E-state index contributed by atoms with van der Waals surface area (Å²) in [5.74, 6) is -1.03. The van der Waals surface area contributed by atoms with Crippen molar-refractivity contribution < 1.29 is 28.5 Å². The van der Waals surface area contributed by atoms with Gasteiger partial charge in [0.1, 0.15) is 12.6 Å². The second-order valence-electron chi connectivity index (χ2n) is 7.01. The molecule has 1 saturated carbocycles. The number of benzene rings is 1. The van der Waals surface area contributed by atoms with E-state index >= 15 is 0 Å². The van der Waals surface area contributed by atoms with Crippen molar-refractivity contribution in [2.24, 2.45) is 5.92 Å². The fourth-order valence-corrected chi connectivity index (χ4v) is 3.82. The maximum absolute atomic E-state index is 12.3. The molecule has 2 unspecified atom stereocenters. The summed E-state index contributed by atoms with van der Waals surface area (Å²) in [4.78, 5) is 24.5. The summed E-state index contributed by atoms with van der Waals surface area (Å²) in [6.45, 7) is 1.36. The van der Waals surface area contributed by atoms with E-state index in [1.165, 1.54) is 7.11 Å². The minimum Gasteiger partial charge on any atom is -0.467 e. The number of amides is 1. The van der Waals surface area contributed by atoms with Crippen LogP contribution in [0.3, 0.4) is 0 Å². The van der Waals surface area contributed by atoms with Crippen LogP contribution in [-0.4, -0.2) is 44.2 Å². The smallest absolute Gasteiger partial charge is 0.408 e. The molecule has 1 saturated heterocycles. The van der Waals surface area contributed by atoms with Gasteiger partial charge in [0.15, 0.2) is 5.79 Å². The van der Waals surface area contributed by atoms with Crippen molar-refractivity contribution in [3.05, 3.63) is 35.9 Å². The predicted molar refractivity (Wildman–Crippen MR) is 96.8 cm³/mol. The standard InChI is InChI=1S/C20H27NO6/c1-24-18(22)17(21-19(23)25-14-15-6-3-2-4-7-15)16-8-5-10-20(11-9-16)26-12-13-27-20/h2-4,6-7,16-17H,5,8-14H2,1H3,(H,21,23). The van der Waals surface area contributed by atoms with Gasteiger partial charge in [-0.15, -0.1) is 0 Å². The van der Waals surface area contributed by atoms with E-state index in [-0.39, 0.29) is 12.5 Å². The number of carbonyl (C=O) groups excluding carboxylic acids is 2. The molecule has 1 spiro atoms. The lowest BCUT2D eigenvalue weighted by Gasteiger charge is -2.27. The zero-order valence-electron chi connectivity index (χ0n) is 15.6. The lowest BCUT2D eigenvalue weighted by Crippen LogP contribution is -2.46. The molecule has 27 heavy (non-hydrogen) atoms. The van der Waals surface area contributed by atoms with Crippen LogP contribution in [0.25, 0.3) is 0 Å². The molecule has 1 heterocycles. The Morgan fingerprint density at radius 1 is 1.19 bits per heavy atom. The van der Waals surface area contributed by atoms with Gasteiger partial charge in [-0.1, -0.05) is 30.3 Å². The van der Waals surface area contributed by atoms with Gasteiger partial charge in [-0.05, 0) is 30.7 Å². The second-order valence-corrected chi connectivity index (χ2v) is 7.01. The number of methoxy groups -OCH3 is 1.